The Morgan fingerprint density at radius 1 is 1.48 bits per heavy atom. The Bertz CT molecular complexity index is 576. The van der Waals surface area contributed by atoms with Crippen molar-refractivity contribution < 1.29 is 19.1 Å². The molecular weight excluding hydrogens is 297 g/mol. The Labute approximate surface area is 127 Å². The molecule has 21 heavy (non-hydrogen) atoms. The van der Waals surface area contributed by atoms with Crippen molar-refractivity contribution in [3.05, 3.63) is 34.6 Å². The zero-order chi connectivity index (χ0) is 15.7. The van der Waals surface area contributed by atoms with E-state index in [4.69, 9.17) is 11.6 Å². The molecule has 1 amide bonds. The summed E-state index contributed by atoms with van der Waals surface area (Å²) in [5.74, 6) is -2.33. The smallest absolute Gasteiger partial charge is 0.308 e. The number of benzene rings is 1. The highest BCUT2D eigenvalue weighted by molar-refractivity contribution is 6.30. The second kappa shape index (κ2) is 6.02. The van der Waals surface area contributed by atoms with Crippen LogP contribution in [0.2, 0.25) is 5.02 Å². The lowest BCUT2D eigenvalue weighted by Gasteiger charge is -2.42. The highest BCUT2D eigenvalue weighted by Crippen LogP contribution is 2.39. The lowest BCUT2D eigenvalue weighted by Crippen LogP contribution is -2.48. The molecule has 2 atom stereocenters. The first kappa shape index (κ1) is 15.8. The third-order valence-electron chi connectivity index (χ3n) is 3.80. The molecule has 0 saturated carbocycles. The van der Waals surface area contributed by atoms with Gasteiger partial charge in [0.1, 0.15) is 5.82 Å². The molecule has 4 nitrogen and oxygen atoms in total. The van der Waals surface area contributed by atoms with Crippen molar-refractivity contribution in [1.29, 1.82) is 0 Å². The summed E-state index contributed by atoms with van der Waals surface area (Å²) >= 11 is 5.80. The van der Waals surface area contributed by atoms with Gasteiger partial charge in [0.15, 0.2) is 0 Å². The van der Waals surface area contributed by atoms with Crippen molar-refractivity contribution in [2.75, 3.05) is 0 Å². The van der Waals surface area contributed by atoms with Crippen molar-refractivity contribution in [3.8, 4) is 0 Å². The average Bonchev–Trinajstić information content (AvgIpc) is 2.40. The van der Waals surface area contributed by atoms with Crippen LogP contribution in [0, 0.1) is 11.7 Å². The maximum Gasteiger partial charge on any atom is 0.308 e. The molecule has 0 radical (unpaired) electrons. The largest absolute Gasteiger partial charge is 0.481 e. The molecule has 1 N–H and O–H groups in total. The maximum atomic E-state index is 13.3. The topological polar surface area (TPSA) is 57.6 Å². The SMILES string of the molecule is CC(C)N1C(=O)CCC(C(=O)O)C1c1ccc(F)c(Cl)c1. The molecule has 0 aromatic heterocycles. The van der Waals surface area contributed by atoms with Gasteiger partial charge in [-0.15, -0.1) is 0 Å². The number of nitrogens with zero attached hydrogens (tertiary/aromatic N) is 1. The fraction of sp³-hybridized carbons (Fsp3) is 0.467. The van der Waals surface area contributed by atoms with E-state index in [1.165, 1.54) is 18.2 Å². The van der Waals surface area contributed by atoms with Crippen LogP contribution in [0.5, 0.6) is 0 Å². The summed E-state index contributed by atoms with van der Waals surface area (Å²) in [7, 11) is 0. The fourth-order valence-electron chi connectivity index (χ4n) is 2.87. The fourth-order valence-corrected chi connectivity index (χ4v) is 3.06. The van der Waals surface area contributed by atoms with Crippen LogP contribution in [-0.2, 0) is 9.59 Å². The molecule has 0 aliphatic carbocycles. The number of hydrogen-bond donors (Lipinski definition) is 1. The van der Waals surface area contributed by atoms with Crippen LogP contribution < -0.4 is 0 Å². The molecule has 1 saturated heterocycles. The summed E-state index contributed by atoms with van der Waals surface area (Å²) in [5, 5.41) is 9.36. The summed E-state index contributed by atoms with van der Waals surface area (Å²) < 4.78 is 13.3. The molecule has 2 unspecified atom stereocenters. The van der Waals surface area contributed by atoms with Crippen molar-refractivity contribution in [3.63, 3.8) is 0 Å². The number of carboxylic acid groups (broad SMARTS) is 1. The van der Waals surface area contributed by atoms with Gasteiger partial charge in [0.25, 0.3) is 0 Å². The number of carbonyl (C=O) groups excluding carboxylic acids is 1. The van der Waals surface area contributed by atoms with Gasteiger partial charge in [-0.3, -0.25) is 9.59 Å². The van der Waals surface area contributed by atoms with Crippen molar-refractivity contribution in [1.82, 2.24) is 4.90 Å². The van der Waals surface area contributed by atoms with E-state index in [0.717, 1.165) is 0 Å². The van der Waals surface area contributed by atoms with Gasteiger partial charge in [-0.2, -0.15) is 0 Å². The van der Waals surface area contributed by atoms with E-state index in [-0.39, 0.29) is 29.8 Å². The molecular formula is C15H17ClFNO3. The third-order valence-corrected chi connectivity index (χ3v) is 4.09. The molecule has 1 aromatic rings. The number of hydrogen-bond acceptors (Lipinski definition) is 2. The first-order valence-corrected chi connectivity index (χ1v) is 7.19. The Balaban J connectivity index is 2.51. The molecule has 0 spiro atoms. The van der Waals surface area contributed by atoms with Crippen LogP contribution in [0.4, 0.5) is 4.39 Å². The van der Waals surface area contributed by atoms with Crippen LogP contribution in [-0.4, -0.2) is 27.9 Å². The number of amides is 1. The van der Waals surface area contributed by atoms with Gasteiger partial charge in [-0.05, 0) is 38.0 Å². The predicted octanol–water partition coefficient (Wildman–Crippen LogP) is 3.25. The number of piperidine rings is 1. The highest BCUT2D eigenvalue weighted by Gasteiger charge is 2.41. The van der Waals surface area contributed by atoms with Crippen LogP contribution in [0.1, 0.15) is 38.3 Å². The van der Waals surface area contributed by atoms with Gasteiger partial charge in [0.05, 0.1) is 17.0 Å². The molecule has 6 heteroatoms. The predicted molar refractivity (Wildman–Crippen MR) is 76.5 cm³/mol. The molecule has 2 rings (SSSR count). The Kier molecular flexibility index (Phi) is 4.52. The first-order valence-electron chi connectivity index (χ1n) is 6.82. The average molecular weight is 314 g/mol. The van der Waals surface area contributed by atoms with Gasteiger partial charge in [0, 0.05) is 12.5 Å². The van der Waals surface area contributed by atoms with Crippen molar-refractivity contribution in [2.24, 2.45) is 5.92 Å². The molecule has 114 valence electrons. The minimum atomic E-state index is -0.960. The number of carbonyl (C=O) groups is 2. The van der Waals surface area contributed by atoms with E-state index in [2.05, 4.69) is 0 Å². The zero-order valence-corrected chi connectivity index (χ0v) is 12.6. The highest BCUT2D eigenvalue weighted by atomic mass is 35.5. The van der Waals surface area contributed by atoms with Crippen LogP contribution >= 0.6 is 11.6 Å². The number of likely N-dealkylation sites (tertiary alicyclic amines) is 1. The number of aliphatic carboxylic acids is 1. The maximum absolute atomic E-state index is 13.3. The molecule has 1 fully saturated rings. The summed E-state index contributed by atoms with van der Waals surface area (Å²) in [6, 6.07) is 3.34. The van der Waals surface area contributed by atoms with E-state index >= 15 is 0 Å². The third kappa shape index (κ3) is 3.02. The van der Waals surface area contributed by atoms with Gasteiger partial charge < -0.3 is 10.0 Å². The summed E-state index contributed by atoms with van der Waals surface area (Å²) in [6.07, 6.45) is 0.484. The van der Waals surface area contributed by atoms with E-state index in [1.807, 2.05) is 13.8 Å². The van der Waals surface area contributed by atoms with Crippen LogP contribution in [0.15, 0.2) is 18.2 Å². The monoisotopic (exact) mass is 313 g/mol. The van der Waals surface area contributed by atoms with Crippen molar-refractivity contribution in [2.45, 2.75) is 38.8 Å². The lowest BCUT2D eigenvalue weighted by atomic mass is 9.83. The molecule has 1 aliphatic heterocycles. The number of carboxylic acids is 1. The minimum absolute atomic E-state index is 0.0710. The zero-order valence-electron chi connectivity index (χ0n) is 11.8. The first-order chi connectivity index (χ1) is 9.82. The van der Waals surface area contributed by atoms with Gasteiger partial charge in [-0.1, -0.05) is 17.7 Å². The Morgan fingerprint density at radius 2 is 2.14 bits per heavy atom. The van der Waals surface area contributed by atoms with Crippen LogP contribution in [0.25, 0.3) is 0 Å². The summed E-state index contributed by atoms with van der Waals surface area (Å²) in [6.45, 7) is 3.67. The van der Waals surface area contributed by atoms with Crippen LogP contribution in [0.3, 0.4) is 0 Å². The van der Waals surface area contributed by atoms with Gasteiger partial charge in [0.2, 0.25) is 5.91 Å². The Morgan fingerprint density at radius 3 is 2.67 bits per heavy atom. The van der Waals surface area contributed by atoms with E-state index in [9.17, 15) is 19.1 Å². The number of halogens is 2. The van der Waals surface area contributed by atoms with E-state index < -0.39 is 23.7 Å². The minimum Gasteiger partial charge on any atom is -0.481 e. The van der Waals surface area contributed by atoms with Crippen molar-refractivity contribution >= 4 is 23.5 Å². The Hall–Kier alpha value is -1.62. The quantitative estimate of drug-likeness (QED) is 0.932. The normalized spacial score (nSPS) is 22.7. The second-order valence-corrected chi connectivity index (χ2v) is 5.90. The van der Waals surface area contributed by atoms with Gasteiger partial charge in [-0.25, -0.2) is 4.39 Å². The standard InChI is InChI=1S/C15H17ClFNO3/c1-8(2)18-13(19)6-4-10(15(20)21)14(18)9-3-5-12(17)11(16)7-9/h3,5,7-8,10,14H,4,6H2,1-2H3,(H,20,21). The van der Waals surface area contributed by atoms with E-state index in [1.54, 1.807) is 4.90 Å². The van der Waals surface area contributed by atoms with E-state index in [0.29, 0.717) is 5.56 Å². The molecule has 1 aromatic carbocycles. The molecule has 1 aliphatic rings. The summed E-state index contributed by atoms with van der Waals surface area (Å²) in [4.78, 5) is 25.2. The second-order valence-electron chi connectivity index (χ2n) is 5.50. The van der Waals surface area contributed by atoms with Gasteiger partial charge >= 0.3 is 5.97 Å². The summed E-state index contributed by atoms with van der Waals surface area (Å²) in [5.41, 5.74) is 0.551. The number of rotatable bonds is 3. The molecule has 1 heterocycles. The lowest BCUT2D eigenvalue weighted by molar-refractivity contribution is -0.153. The molecule has 0 bridgehead atoms.